The Bertz CT molecular complexity index is 386. The third kappa shape index (κ3) is 2.99. The Morgan fingerprint density at radius 2 is 1.88 bits per heavy atom. The van der Waals surface area contributed by atoms with E-state index in [4.69, 9.17) is 4.74 Å². The second-order valence-corrected chi connectivity index (χ2v) is 4.24. The molecular weight excluding hydrogens is 202 g/mol. The lowest BCUT2D eigenvalue weighted by Gasteiger charge is -2.18. The predicted octanol–water partition coefficient (Wildman–Crippen LogP) is 2.16. The van der Waals surface area contributed by atoms with Crippen molar-refractivity contribution in [2.75, 3.05) is 14.1 Å². The third-order valence-corrected chi connectivity index (χ3v) is 2.58. The van der Waals surface area contributed by atoms with Crippen molar-refractivity contribution in [2.24, 2.45) is 0 Å². The third-order valence-electron chi connectivity index (χ3n) is 2.58. The quantitative estimate of drug-likeness (QED) is 0.782. The van der Waals surface area contributed by atoms with E-state index in [2.05, 4.69) is 0 Å². The van der Waals surface area contributed by atoms with Gasteiger partial charge in [0.1, 0.15) is 5.75 Å². The van der Waals surface area contributed by atoms with Crippen molar-refractivity contribution in [3.63, 3.8) is 0 Å². The Morgan fingerprint density at radius 1 is 1.25 bits per heavy atom. The average Bonchev–Trinajstić information content (AvgIpc) is 2.22. The smallest absolute Gasteiger partial charge is 0.262 e. The van der Waals surface area contributed by atoms with Crippen molar-refractivity contribution in [2.45, 2.75) is 26.9 Å². The zero-order valence-corrected chi connectivity index (χ0v) is 10.6. The van der Waals surface area contributed by atoms with Crippen LogP contribution in [0.2, 0.25) is 0 Å². The van der Waals surface area contributed by atoms with Gasteiger partial charge in [-0.15, -0.1) is 0 Å². The highest BCUT2D eigenvalue weighted by Crippen LogP contribution is 2.17. The van der Waals surface area contributed by atoms with Crippen molar-refractivity contribution in [3.8, 4) is 5.75 Å². The van der Waals surface area contributed by atoms with Crippen molar-refractivity contribution >= 4 is 5.91 Å². The number of rotatable bonds is 3. The van der Waals surface area contributed by atoms with Crippen LogP contribution in [-0.4, -0.2) is 31.0 Å². The molecule has 1 aromatic rings. The Hall–Kier alpha value is -1.51. The molecule has 0 aromatic heterocycles. The Morgan fingerprint density at radius 3 is 2.38 bits per heavy atom. The maximum atomic E-state index is 11.6. The largest absolute Gasteiger partial charge is 0.481 e. The van der Waals surface area contributed by atoms with Crippen LogP contribution in [-0.2, 0) is 4.79 Å². The second-order valence-electron chi connectivity index (χ2n) is 4.24. The number of ether oxygens (including phenoxy) is 1. The monoisotopic (exact) mass is 221 g/mol. The predicted molar refractivity (Wildman–Crippen MR) is 64.7 cm³/mol. The number of amides is 1. The summed E-state index contributed by atoms with van der Waals surface area (Å²) >= 11 is 0. The number of hydrogen-bond donors (Lipinski definition) is 0. The molecule has 88 valence electrons. The fraction of sp³-hybridized carbons (Fsp3) is 0.462. The van der Waals surface area contributed by atoms with Gasteiger partial charge in [0.25, 0.3) is 5.91 Å². The lowest BCUT2D eigenvalue weighted by atomic mass is 10.1. The van der Waals surface area contributed by atoms with Gasteiger partial charge in [-0.1, -0.05) is 6.07 Å². The Labute approximate surface area is 97.0 Å². The van der Waals surface area contributed by atoms with Gasteiger partial charge in [-0.05, 0) is 44.0 Å². The highest BCUT2D eigenvalue weighted by Gasteiger charge is 2.16. The van der Waals surface area contributed by atoms with E-state index in [0.29, 0.717) is 0 Å². The maximum absolute atomic E-state index is 11.6. The second kappa shape index (κ2) is 5.01. The maximum Gasteiger partial charge on any atom is 0.262 e. The van der Waals surface area contributed by atoms with Gasteiger partial charge >= 0.3 is 0 Å². The summed E-state index contributed by atoms with van der Waals surface area (Å²) in [6, 6.07) is 5.84. The number of hydrogen-bond acceptors (Lipinski definition) is 2. The highest BCUT2D eigenvalue weighted by atomic mass is 16.5. The minimum Gasteiger partial charge on any atom is -0.481 e. The minimum atomic E-state index is -0.447. The number of benzene rings is 1. The van der Waals surface area contributed by atoms with Crippen LogP contribution < -0.4 is 4.74 Å². The summed E-state index contributed by atoms with van der Waals surface area (Å²) in [5.74, 6) is 0.712. The van der Waals surface area contributed by atoms with E-state index in [1.165, 1.54) is 16.0 Å². The zero-order chi connectivity index (χ0) is 12.3. The molecule has 0 aliphatic rings. The summed E-state index contributed by atoms with van der Waals surface area (Å²) in [6.45, 7) is 5.84. The molecule has 0 unspecified atom stereocenters. The fourth-order valence-corrected chi connectivity index (χ4v) is 1.41. The molecule has 0 radical (unpaired) electrons. The molecule has 0 heterocycles. The van der Waals surface area contributed by atoms with Crippen LogP contribution in [0.4, 0.5) is 0 Å². The van der Waals surface area contributed by atoms with Gasteiger partial charge in [0, 0.05) is 14.1 Å². The van der Waals surface area contributed by atoms with E-state index in [1.54, 1.807) is 21.0 Å². The van der Waals surface area contributed by atoms with Crippen LogP contribution in [0.1, 0.15) is 18.1 Å². The van der Waals surface area contributed by atoms with E-state index in [0.717, 1.165) is 5.75 Å². The SMILES string of the molecule is Cc1ccc(O[C@@H](C)C(=O)N(C)C)cc1C. The van der Waals surface area contributed by atoms with Crippen molar-refractivity contribution in [1.82, 2.24) is 4.90 Å². The van der Waals surface area contributed by atoms with Crippen LogP contribution in [0, 0.1) is 13.8 Å². The molecule has 0 aliphatic carbocycles. The number of carbonyl (C=O) groups excluding carboxylic acids is 1. The van der Waals surface area contributed by atoms with Crippen LogP contribution in [0.3, 0.4) is 0 Å². The van der Waals surface area contributed by atoms with Gasteiger partial charge in [0.15, 0.2) is 6.10 Å². The molecule has 3 heteroatoms. The molecule has 0 N–H and O–H groups in total. The lowest BCUT2D eigenvalue weighted by Crippen LogP contribution is -2.35. The number of nitrogens with zero attached hydrogens (tertiary/aromatic N) is 1. The van der Waals surface area contributed by atoms with E-state index in [-0.39, 0.29) is 5.91 Å². The first-order valence-corrected chi connectivity index (χ1v) is 5.37. The fourth-order valence-electron chi connectivity index (χ4n) is 1.41. The summed E-state index contributed by atoms with van der Waals surface area (Å²) in [6.07, 6.45) is -0.447. The normalized spacial score (nSPS) is 12.1. The van der Waals surface area contributed by atoms with Crippen LogP contribution in [0.15, 0.2) is 18.2 Å². The summed E-state index contributed by atoms with van der Waals surface area (Å²) < 4.78 is 5.58. The average molecular weight is 221 g/mol. The first-order chi connectivity index (χ1) is 7.41. The molecule has 0 spiro atoms. The van der Waals surface area contributed by atoms with Crippen molar-refractivity contribution in [1.29, 1.82) is 0 Å². The zero-order valence-electron chi connectivity index (χ0n) is 10.6. The van der Waals surface area contributed by atoms with E-state index >= 15 is 0 Å². The van der Waals surface area contributed by atoms with E-state index < -0.39 is 6.10 Å². The standard InChI is InChI=1S/C13H19NO2/c1-9-6-7-12(8-10(9)2)16-11(3)13(15)14(4)5/h6-8,11H,1-5H3/t11-/m0/s1. The molecule has 1 amide bonds. The van der Waals surface area contributed by atoms with Crippen LogP contribution in [0.5, 0.6) is 5.75 Å². The molecule has 0 bridgehead atoms. The number of carbonyl (C=O) groups is 1. The first-order valence-electron chi connectivity index (χ1n) is 5.37. The molecule has 0 aliphatic heterocycles. The molecular formula is C13H19NO2. The molecule has 0 saturated carbocycles. The number of likely N-dealkylation sites (N-methyl/N-ethyl adjacent to an activating group) is 1. The molecule has 3 nitrogen and oxygen atoms in total. The van der Waals surface area contributed by atoms with Gasteiger partial charge in [-0.2, -0.15) is 0 Å². The first kappa shape index (κ1) is 12.6. The van der Waals surface area contributed by atoms with Gasteiger partial charge in [-0.3, -0.25) is 4.79 Å². The van der Waals surface area contributed by atoms with Gasteiger partial charge in [0.05, 0.1) is 0 Å². The lowest BCUT2D eigenvalue weighted by molar-refractivity contribution is -0.135. The highest BCUT2D eigenvalue weighted by molar-refractivity contribution is 5.80. The van der Waals surface area contributed by atoms with Gasteiger partial charge < -0.3 is 9.64 Å². The molecule has 1 atom stereocenters. The van der Waals surface area contributed by atoms with E-state index in [9.17, 15) is 4.79 Å². The summed E-state index contributed by atoms with van der Waals surface area (Å²) in [5.41, 5.74) is 2.39. The summed E-state index contributed by atoms with van der Waals surface area (Å²) in [5, 5.41) is 0. The summed E-state index contributed by atoms with van der Waals surface area (Å²) in [7, 11) is 3.45. The van der Waals surface area contributed by atoms with Gasteiger partial charge in [-0.25, -0.2) is 0 Å². The van der Waals surface area contributed by atoms with E-state index in [1.807, 2.05) is 32.0 Å². The number of aryl methyl sites for hydroxylation is 2. The van der Waals surface area contributed by atoms with Crippen molar-refractivity contribution < 1.29 is 9.53 Å². The van der Waals surface area contributed by atoms with Crippen molar-refractivity contribution in [3.05, 3.63) is 29.3 Å². The Kier molecular flexibility index (Phi) is 3.93. The topological polar surface area (TPSA) is 29.5 Å². The van der Waals surface area contributed by atoms with Crippen LogP contribution in [0.25, 0.3) is 0 Å². The minimum absolute atomic E-state index is 0.0294. The molecule has 1 aromatic carbocycles. The molecule has 16 heavy (non-hydrogen) atoms. The molecule has 0 fully saturated rings. The van der Waals surface area contributed by atoms with Crippen LogP contribution >= 0.6 is 0 Å². The van der Waals surface area contributed by atoms with Gasteiger partial charge in [0.2, 0.25) is 0 Å². The summed E-state index contributed by atoms with van der Waals surface area (Å²) in [4.78, 5) is 13.1. The molecule has 0 saturated heterocycles. The Balaban J connectivity index is 2.73. The molecule has 1 rings (SSSR count).